The fourth-order valence-electron chi connectivity index (χ4n) is 2.47. The number of pyridine rings is 1. The van der Waals surface area contributed by atoms with Crippen LogP contribution < -0.4 is 5.56 Å². The first-order valence-corrected chi connectivity index (χ1v) is 7.05. The number of hydrogen-bond acceptors (Lipinski definition) is 4. The molecule has 0 radical (unpaired) electrons. The Kier molecular flexibility index (Phi) is 3.79. The third-order valence-electron chi connectivity index (χ3n) is 3.53. The largest absolute Gasteiger partial charge is 0.508 e. The molecule has 0 fully saturated rings. The zero-order valence-corrected chi connectivity index (χ0v) is 12.4. The molecule has 24 heavy (non-hydrogen) atoms. The van der Waals surface area contributed by atoms with Crippen molar-refractivity contribution >= 4 is 22.8 Å². The minimum absolute atomic E-state index is 0.0115. The van der Waals surface area contributed by atoms with Gasteiger partial charge in [-0.05, 0) is 60.0 Å². The first-order chi connectivity index (χ1) is 11.5. The third-order valence-corrected chi connectivity index (χ3v) is 3.53. The number of aromatic hydroxyl groups is 2. The van der Waals surface area contributed by atoms with Crippen LogP contribution >= 0.6 is 0 Å². The molecule has 0 unspecified atom stereocenters. The summed E-state index contributed by atoms with van der Waals surface area (Å²) in [4.78, 5) is 23.6. The Bertz CT molecular complexity index is 1020. The van der Waals surface area contributed by atoms with Crippen molar-refractivity contribution in [3.8, 4) is 17.2 Å². The molecule has 1 aromatic heterocycles. The molecule has 0 spiro atoms. The first-order valence-electron chi connectivity index (χ1n) is 7.05. The second-order valence-corrected chi connectivity index (χ2v) is 5.17. The third kappa shape index (κ3) is 2.85. The minimum atomic E-state index is -1.14. The van der Waals surface area contributed by atoms with Gasteiger partial charge < -0.3 is 15.3 Å². The fourth-order valence-corrected chi connectivity index (χ4v) is 2.47. The lowest BCUT2D eigenvalue weighted by Crippen LogP contribution is -2.20. The molecule has 1 heterocycles. The lowest BCUT2D eigenvalue weighted by molar-refractivity contribution is -0.131. The maximum absolute atomic E-state index is 12.8. The van der Waals surface area contributed by atoms with Crippen LogP contribution in [0.3, 0.4) is 0 Å². The molecule has 2 aromatic carbocycles. The number of carboxylic acid groups (broad SMARTS) is 1. The van der Waals surface area contributed by atoms with Gasteiger partial charge in [-0.15, -0.1) is 0 Å². The molecule has 120 valence electrons. The molecule has 0 aliphatic carbocycles. The molecule has 0 amide bonds. The highest BCUT2D eigenvalue weighted by Gasteiger charge is 2.10. The van der Waals surface area contributed by atoms with Gasteiger partial charge in [0.2, 0.25) is 0 Å². The lowest BCUT2D eigenvalue weighted by Gasteiger charge is -2.12. The highest BCUT2D eigenvalue weighted by Crippen LogP contribution is 2.22. The summed E-state index contributed by atoms with van der Waals surface area (Å²) in [6.07, 6.45) is 2.24. The quantitative estimate of drug-likeness (QED) is 0.643. The van der Waals surface area contributed by atoms with E-state index < -0.39 is 5.97 Å². The van der Waals surface area contributed by atoms with E-state index in [0.717, 1.165) is 6.08 Å². The summed E-state index contributed by atoms with van der Waals surface area (Å²) < 4.78 is 1.35. The van der Waals surface area contributed by atoms with Gasteiger partial charge in [-0.2, -0.15) is 0 Å². The number of rotatable bonds is 3. The Morgan fingerprint density at radius 3 is 2.29 bits per heavy atom. The van der Waals surface area contributed by atoms with Crippen LogP contribution in [-0.2, 0) is 4.79 Å². The van der Waals surface area contributed by atoms with Gasteiger partial charge in [-0.25, -0.2) is 4.79 Å². The molecule has 0 saturated heterocycles. The van der Waals surface area contributed by atoms with Crippen LogP contribution in [0.2, 0.25) is 0 Å². The molecule has 3 aromatic rings. The Morgan fingerprint density at radius 1 is 0.958 bits per heavy atom. The Morgan fingerprint density at radius 2 is 1.62 bits per heavy atom. The molecule has 6 nitrogen and oxygen atoms in total. The number of benzene rings is 2. The van der Waals surface area contributed by atoms with Gasteiger partial charge in [0.25, 0.3) is 5.56 Å². The number of carboxylic acids is 1. The minimum Gasteiger partial charge on any atom is -0.508 e. The van der Waals surface area contributed by atoms with Crippen molar-refractivity contribution in [2.45, 2.75) is 0 Å². The van der Waals surface area contributed by atoms with E-state index in [2.05, 4.69) is 0 Å². The number of fused-ring (bicyclic) bond motifs is 1. The first kappa shape index (κ1) is 15.4. The number of hydrogen-bond donors (Lipinski definition) is 3. The normalized spacial score (nSPS) is 11.2. The number of aliphatic carboxylic acids is 1. The number of nitrogens with zero attached hydrogens (tertiary/aromatic N) is 1. The molecule has 0 aliphatic rings. The summed E-state index contributed by atoms with van der Waals surface area (Å²) in [5.41, 5.74) is 0.465. The maximum Gasteiger partial charge on any atom is 0.328 e. The van der Waals surface area contributed by atoms with E-state index in [1.54, 1.807) is 18.2 Å². The summed E-state index contributed by atoms with van der Waals surface area (Å²) in [7, 11) is 0. The van der Waals surface area contributed by atoms with E-state index in [0.29, 0.717) is 22.2 Å². The van der Waals surface area contributed by atoms with Gasteiger partial charge in [0.15, 0.2) is 0 Å². The van der Waals surface area contributed by atoms with E-state index in [-0.39, 0.29) is 17.1 Å². The van der Waals surface area contributed by atoms with Crippen molar-refractivity contribution in [2.24, 2.45) is 0 Å². The van der Waals surface area contributed by atoms with E-state index in [9.17, 15) is 19.8 Å². The van der Waals surface area contributed by atoms with Crippen LogP contribution in [0.5, 0.6) is 11.5 Å². The zero-order valence-electron chi connectivity index (χ0n) is 12.4. The monoisotopic (exact) mass is 323 g/mol. The van der Waals surface area contributed by atoms with E-state index in [4.69, 9.17) is 5.11 Å². The van der Waals surface area contributed by atoms with Crippen molar-refractivity contribution in [3.05, 3.63) is 70.7 Å². The van der Waals surface area contributed by atoms with E-state index in [1.165, 1.54) is 41.0 Å². The van der Waals surface area contributed by atoms with Gasteiger partial charge in [0.05, 0.1) is 5.69 Å². The average Bonchev–Trinajstić information content (AvgIpc) is 2.54. The molecular weight excluding hydrogens is 310 g/mol. The van der Waals surface area contributed by atoms with Crippen LogP contribution in [0.1, 0.15) is 5.69 Å². The topological polar surface area (TPSA) is 99.8 Å². The maximum atomic E-state index is 12.8. The predicted octanol–water partition coefficient (Wildman–Crippen LogP) is 2.50. The summed E-state index contributed by atoms with van der Waals surface area (Å²) in [6, 6.07) is 12.0. The molecule has 6 heteroatoms. The van der Waals surface area contributed by atoms with Crippen LogP contribution in [0, 0.1) is 0 Å². The Balaban J connectivity index is 2.35. The molecule has 0 aliphatic heterocycles. The number of phenolic OH excluding ortho intramolecular Hbond substituents is 2. The Labute approximate surface area is 136 Å². The fraction of sp³-hybridized carbons (Fsp3) is 0. The van der Waals surface area contributed by atoms with Crippen molar-refractivity contribution in [1.29, 1.82) is 0 Å². The standard InChI is InChI=1S/C18H13NO5/c20-14-4-1-12(2-5-14)19-13(3-8-17(22)23)9-11-10-15(21)6-7-16(11)18(19)24/h1-10,20-21H,(H,22,23). The molecule has 0 saturated carbocycles. The van der Waals surface area contributed by atoms with Crippen molar-refractivity contribution in [1.82, 2.24) is 4.57 Å². The SMILES string of the molecule is O=C(O)C=Cc1cc2cc(O)ccc2c(=O)n1-c1ccc(O)cc1. The van der Waals surface area contributed by atoms with Crippen LogP contribution in [0.25, 0.3) is 22.5 Å². The van der Waals surface area contributed by atoms with E-state index in [1.807, 2.05) is 0 Å². The van der Waals surface area contributed by atoms with Crippen LogP contribution in [0.15, 0.2) is 59.4 Å². The van der Waals surface area contributed by atoms with Gasteiger partial charge in [-0.3, -0.25) is 9.36 Å². The summed E-state index contributed by atoms with van der Waals surface area (Å²) in [6.45, 7) is 0. The van der Waals surface area contributed by atoms with Crippen molar-refractivity contribution in [3.63, 3.8) is 0 Å². The molecule has 3 rings (SSSR count). The van der Waals surface area contributed by atoms with Crippen molar-refractivity contribution < 1.29 is 20.1 Å². The smallest absolute Gasteiger partial charge is 0.328 e. The van der Waals surface area contributed by atoms with Crippen molar-refractivity contribution in [2.75, 3.05) is 0 Å². The van der Waals surface area contributed by atoms with E-state index >= 15 is 0 Å². The van der Waals surface area contributed by atoms with Crippen LogP contribution in [-0.4, -0.2) is 25.9 Å². The second kappa shape index (κ2) is 5.92. The molecule has 0 atom stereocenters. The highest BCUT2D eigenvalue weighted by atomic mass is 16.4. The number of aromatic nitrogens is 1. The zero-order chi connectivity index (χ0) is 17.3. The second-order valence-electron chi connectivity index (χ2n) is 5.17. The van der Waals surface area contributed by atoms with Gasteiger partial charge in [0, 0.05) is 17.1 Å². The van der Waals surface area contributed by atoms with Crippen LogP contribution in [0.4, 0.5) is 0 Å². The molecule has 3 N–H and O–H groups in total. The molecule has 0 bridgehead atoms. The number of phenols is 2. The predicted molar refractivity (Wildman–Crippen MR) is 89.5 cm³/mol. The number of carbonyl (C=O) groups is 1. The summed E-state index contributed by atoms with van der Waals surface area (Å²) >= 11 is 0. The van der Waals surface area contributed by atoms with Gasteiger partial charge in [0.1, 0.15) is 11.5 Å². The average molecular weight is 323 g/mol. The van der Waals surface area contributed by atoms with Gasteiger partial charge >= 0.3 is 5.97 Å². The summed E-state index contributed by atoms with van der Waals surface area (Å²) in [5, 5.41) is 28.7. The highest BCUT2D eigenvalue weighted by molar-refractivity contribution is 5.88. The Hall–Kier alpha value is -3.54. The summed E-state index contributed by atoms with van der Waals surface area (Å²) in [5.74, 6) is -1.08. The molecular formula is C18H13NO5. The van der Waals surface area contributed by atoms with Gasteiger partial charge in [-0.1, -0.05) is 0 Å². The lowest BCUT2D eigenvalue weighted by atomic mass is 10.1.